The Kier molecular flexibility index (Phi) is 6.12. The van der Waals surface area contributed by atoms with Crippen molar-refractivity contribution in [3.8, 4) is 0 Å². The molecule has 0 bridgehead atoms. The molecule has 166 valence electrons. The Labute approximate surface area is 190 Å². The Morgan fingerprint density at radius 3 is 2.28 bits per heavy atom. The van der Waals surface area contributed by atoms with Crippen LogP contribution in [0, 0.1) is 6.92 Å². The van der Waals surface area contributed by atoms with Crippen molar-refractivity contribution in [1.29, 1.82) is 0 Å². The fourth-order valence-electron chi connectivity index (χ4n) is 4.05. The normalized spacial score (nSPS) is 13.8. The molecule has 1 fully saturated rings. The summed E-state index contributed by atoms with van der Waals surface area (Å²) in [5.74, 6) is 1.49. The molecule has 6 heteroatoms. The van der Waals surface area contributed by atoms with Gasteiger partial charge in [0.25, 0.3) is 5.91 Å². The summed E-state index contributed by atoms with van der Waals surface area (Å²) >= 11 is 0. The van der Waals surface area contributed by atoms with E-state index < -0.39 is 0 Å². The molecule has 1 aromatic heterocycles. The monoisotopic (exact) mass is 429 g/mol. The number of aryl methyl sites for hydroxylation is 1. The highest BCUT2D eigenvalue weighted by Gasteiger charge is 2.26. The van der Waals surface area contributed by atoms with E-state index >= 15 is 0 Å². The van der Waals surface area contributed by atoms with E-state index in [0.29, 0.717) is 11.5 Å². The molecule has 1 N–H and O–H groups in total. The SMILES string of the molecule is Cc1cnc(Nc2ccc(C(=O)N3CCCC3)cc2)nc1N(c1ccccc1)C(C)(C)C. The smallest absolute Gasteiger partial charge is 0.253 e. The number of nitrogens with zero attached hydrogens (tertiary/aromatic N) is 4. The van der Waals surface area contributed by atoms with Crippen molar-refractivity contribution >= 4 is 29.0 Å². The second kappa shape index (κ2) is 8.99. The minimum atomic E-state index is -0.171. The van der Waals surface area contributed by atoms with Crippen LogP contribution in [-0.4, -0.2) is 39.4 Å². The molecule has 3 aromatic rings. The topological polar surface area (TPSA) is 61.4 Å². The molecular weight excluding hydrogens is 398 g/mol. The van der Waals surface area contributed by atoms with Crippen molar-refractivity contribution in [2.75, 3.05) is 23.3 Å². The number of likely N-dealkylation sites (tertiary alicyclic amines) is 1. The highest BCUT2D eigenvalue weighted by atomic mass is 16.2. The second-order valence-corrected chi connectivity index (χ2v) is 9.24. The van der Waals surface area contributed by atoms with Crippen LogP contribution >= 0.6 is 0 Å². The molecule has 1 aliphatic rings. The standard InChI is InChI=1S/C26H31N5O/c1-19-18-27-25(29-23(19)31(26(2,3)4)22-10-6-5-7-11-22)28-21-14-12-20(13-15-21)24(32)30-16-8-9-17-30/h5-7,10-15,18H,8-9,16-17H2,1-4H3,(H,27,28,29). The lowest BCUT2D eigenvalue weighted by Gasteiger charge is -2.37. The third-order valence-corrected chi connectivity index (χ3v) is 5.62. The number of para-hydroxylation sites is 1. The molecule has 32 heavy (non-hydrogen) atoms. The quantitative estimate of drug-likeness (QED) is 0.564. The zero-order valence-corrected chi connectivity index (χ0v) is 19.3. The van der Waals surface area contributed by atoms with Gasteiger partial charge in [-0.2, -0.15) is 4.98 Å². The zero-order chi connectivity index (χ0) is 22.7. The summed E-state index contributed by atoms with van der Waals surface area (Å²) in [6.45, 7) is 10.2. The van der Waals surface area contributed by atoms with Crippen LogP contribution in [0.5, 0.6) is 0 Å². The number of nitrogens with one attached hydrogen (secondary N) is 1. The first-order valence-corrected chi connectivity index (χ1v) is 11.2. The fourth-order valence-corrected chi connectivity index (χ4v) is 4.05. The van der Waals surface area contributed by atoms with Crippen molar-refractivity contribution in [3.05, 3.63) is 71.9 Å². The number of benzene rings is 2. The van der Waals surface area contributed by atoms with Gasteiger partial charge in [0.1, 0.15) is 5.82 Å². The molecule has 0 saturated carbocycles. The maximum absolute atomic E-state index is 12.6. The lowest BCUT2D eigenvalue weighted by atomic mass is 10.0. The van der Waals surface area contributed by atoms with Gasteiger partial charge in [0.05, 0.1) is 0 Å². The van der Waals surface area contributed by atoms with E-state index in [1.807, 2.05) is 60.5 Å². The molecule has 1 aliphatic heterocycles. The number of amides is 1. The highest BCUT2D eigenvalue weighted by molar-refractivity contribution is 5.94. The first-order valence-electron chi connectivity index (χ1n) is 11.2. The van der Waals surface area contributed by atoms with E-state index in [9.17, 15) is 4.79 Å². The van der Waals surface area contributed by atoms with Crippen LogP contribution in [0.4, 0.5) is 23.1 Å². The Balaban J connectivity index is 1.58. The van der Waals surface area contributed by atoms with Gasteiger partial charge in [0.2, 0.25) is 5.95 Å². The van der Waals surface area contributed by atoms with Crippen LogP contribution in [0.1, 0.15) is 49.5 Å². The van der Waals surface area contributed by atoms with Gasteiger partial charge in [0.15, 0.2) is 0 Å². The number of aromatic nitrogens is 2. The van der Waals surface area contributed by atoms with Crippen LogP contribution in [0.2, 0.25) is 0 Å². The van der Waals surface area contributed by atoms with Crippen LogP contribution in [0.3, 0.4) is 0 Å². The van der Waals surface area contributed by atoms with Gasteiger partial charge in [-0.05, 0) is 76.9 Å². The van der Waals surface area contributed by atoms with E-state index in [4.69, 9.17) is 4.98 Å². The number of carbonyl (C=O) groups excluding carboxylic acids is 1. The molecule has 6 nitrogen and oxygen atoms in total. The predicted molar refractivity (Wildman–Crippen MR) is 130 cm³/mol. The summed E-state index contributed by atoms with van der Waals surface area (Å²) in [6.07, 6.45) is 4.03. The molecule has 1 saturated heterocycles. The Morgan fingerprint density at radius 2 is 1.66 bits per heavy atom. The molecule has 0 unspecified atom stereocenters. The van der Waals surface area contributed by atoms with Crippen LogP contribution in [0.25, 0.3) is 0 Å². The predicted octanol–water partition coefficient (Wildman–Crippen LogP) is 5.70. The Morgan fingerprint density at radius 1 is 1.00 bits per heavy atom. The molecule has 4 rings (SSSR count). The molecule has 0 atom stereocenters. The average molecular weight is 430 g/mol. The van der Waals surface area contributed by atoms with E-state index in [2.05, 4.69) is 48.1 Å². The summed E-state index contributed by atoms with van der Waals surface area (Å²) in [5, 5.41) is 3.29. The molecule has 2 aromatic carbocycles. The number of hydrogen-bond acceptors (Lipinski definition) is 5. The maximum atomic E-state index is 12.6. The van der Waals surface area contributed by atoms with Gasteiger partial charge >= 0.3 is 0 Å². The Bertz CT molecular complexity index is 1070. The van der Waals surface area contributed by atoms with Gasteiger partial charge in [-0.15, -0.1) is 0 Å². The largest absolute Gasteiger partial charge is 0.339 e. The van der Waals surface area contributed by atoms with Crippen molar-refractivity contribution in [2.24, 2.45) is 0 Å². The lowest BCUT2D eigenvalue weighted by molar-refractivity contribution is 0.0793. The van der Waals surface area contributed by atoms with Crippen LogP contribution in [-0.2, 0) is 0 Å². The molecule has 0 radical (unpaired) electrons. The van der Waals surface area contributed by atoms with Gasteiger partial charge in [-0.3, -0.25) is 4.79 Å². The number of carbonyl (C=O) groups is 1. The molecule has 0 aliphatic carbocycles. The third kappa shape index (κ3) is 4.74. The molecule has 0 spiro atoms. The van der Waals surface area contributed by atoms with E-state index in [1.165, 1.54) is 0 Å². The van der Waals surface area contributed by atoms with Crippen molar-refractivity contribution < 1.29 is 4.79 Å². The third-order valence-electron chi connectivity index (χ3n) is 5.62. The first-order chi connectivity index (χ1) is 15.3. The van der Waals surface area contributed by atoms with E-state index in [1.54, 1.807) is 0 Å². The van der Waals surface area contributed by atoms with Gasteiger partial charge < -0.3 is 15.1 Å². The maximum Gasteiger partial charge on any atom is 0.253 e. The van der Waals surface area contributed by atoms with Crippen molar-refractivity contribution in [2.45, 2.75) is 46.1 Å². The molecule has 1 amide bonds. The lowest BCUT2D eigenvalue weighted by Crippen LogP contribution is -2.38. The minimum Gasteiger partial charge on any atom is -0.339 e. The molecular formula is C26H31N5O. The van der Waals surface area contributed by atoms with Gasteiger partial charge in [-0.1, -0.05) is 18.2 Å². The summed E-state index contributed by atoms with van der Waals surface area (Å²) in [7, 11) is 0. The highest BCUT2D eigenvalue weighted by Crippen LogP contribution is 2.34. The first kappa shape index (κ1) is 21.8. The number of anilines is 4. The van der Waals surface area contributed by atoms with Crippen molar-refractivity contribution in [1.82, 2.24) is 14.9 Å². The molecule has 2 heterocycles. The average Bonchev–Trinajstić information content (AvgIpc) is 3.31. The van der Waals surface area contributed by atoms with E-state index in [-0.39, 0.29) is 11.4 Å². The van der Waals surface area contributed by atoms with Gasteiger partial charge in [-0.25, -0.2) is 4.98 Å². The second-order valence-electron chi connectivity index (χ2n) is 9.24. The van der Waals surface area contributed by atoms with E-state index in [0.717, 1.165) is 48.7 Å². The summed E-state index contributed by atoms with van der Waals surface area (Å²) in [5.41, 5.74) is 3.47. The summed E-state index contributed by atoms with van der Waals surface area (Å²) in [6, 6.07) is 17.8. The number of hydrogen-bond donors (Lipinski definition) is 1. The zero-order valence-electron chi connectivity index (χ0n) is 19.3. The van der Waals surface area contributed by atoms with Crippen LogP contribution in [0.15, 0.2) is 60.8 Å². The fraction of sp³-hybridized carbons (Fsp3) is 0.346. The van der Waals surface area contributed by atoms with Gasteiger partial charge in [0, 0.05) is 47.3 Å². The summed E-state index contributed by atoms with van der Waals surface area (Å²) in [4.78, 5) is 26.1. The summed E-state index contributed by atoms with van der Waals surface area (Å²) < 4.78 is 0. The van der Waals surface area contributed by atoms with Crippen molar-refractivity contribution in [3.63, 3.8) is 0 Å². The van der Waals surface area contributed by atoms with Crippen LogP contribution < -0.4 is 10.2 Å². The minimum absolute atomic E-state index is 0.103. The number of rotatable bonds is 5. The Hall–Kier alpha value is -3.41.